The topological polar surface area (TPSA) is 27.7 Å². The SMILES string of the molecule is CCCN1CCCC(C(C)NCC2CN(C)CCO2)C1. The summed E-state index contributed by atoms with van der Waals surface area (Å²) in [5.41, 5.74) is 0. The van der Waals surface area contributed by atoms with Crippen LogP contribution < -0.4 is 5.32 Å². The van der Waals surface area contributed by atoms with Crippen LogP contribution in [-0.2, 0) is 4.74 Å². The van der Waals surface area contributed by atoms with Crippen molar-refractivity contribution in [3.8, 4) is 0 Å². The highest BCUT2D eigenvalue weighted by Crippen LogP contribution is 2.20. The quantitative estimate of drug-likeness (QED) is 0.798. The summed E-state index contributed by atoms with van der Waals surface area (Å²) in [5, 5.41) is 3.73. The fourth-order valence-electron chi connectivity index (χ4n) is 3.49. The van der Waals surface area contributed by atoms with Crippen LogP contribution in [0.5, 0.6) is 0 Å². The molecule has 2 aliphatic heterocycles. The molecule has 0 amide bonds. The Morgan fingerprint density at radius 1 is 1.30 bits per heavy atom. The summed E-state index contributed by atoms with van der Waals surface area (Å²) >= 11 is 0. The summed E-state index contributed by atoms with van der Waals surface area (Å²) in [7, 11) is 2.18. The van der Waals surface area contributed by atoms with Gasteiger partial charge in [-0.1, -0.05) is 6.92 Å². The molecule has 0 aliphatic carbocycles. The van der Waals surface area contributed by atoms with Crippen molar-refractivity contribution < 1.29 is 4.74 Å². The highest BCUT2D eigenvalue weighted by atomic mass is 16.5. The molecule has 2 aliphatic rings. The maximum Gasteiger partial charge on any atom is 0.0826 e. The Balaban J connectivity index is 1.69. The van der Waals surface area contributed by atoms with Gasteiger partial charge in [0.25, 0.3) is 0 Å². The van der Waals surface area contributed by atoms with E-state index in [4.69, 9.17) is 4.74 Å². The lowest BCUT2D eigenvalue weighted by molar-refractivity contribution is -0.0204. The normalized spacial score (nSPS) is 31.4. The summed E-state index contributed by atoms with van der Waals surface area (Å²) < 4.78 is 5.83. The van der Waals surface area contributed by atoms with E-state index < -0.39 is 0 Å². The number of morpholine rings is 1. The minimum atomic E-state index is 0.367. The van der Waals surface area contributed by atoms with Crippen LogP contribution in [0, 0.1) is 5.92 Å². The Bertz CT molecular complexity index is 272. The third-order valence-electron chi connectivity index (χ3n) is 4.80. The first-order valence-electron chi connectivity index (χ1n) is 8.45. The summed E-state index contributed by atoms with van der Waals surface area (Å²) in [5.74, 6) is 0.802. The monoisotopic (exact) mass is 283 g/mol. The predicted octanol–water partition coefficient (Wildman–Crippen LogP) is 1.42. The molecule has 1 N–H and O–H groups in total. The van der Waals surface area contributed by atoms with Crippen molar-refractivity contribution in [1.82, 2.24) is 15.1 Å². The van der Waals surface area contributed by atoms with Gasteiger partial charge in [0.1, 0.15) is 0 Å². The summed E-state index contributed by atoms with van der Waals surface area (Å²) in [6.07, 6.45) is 4.38. The van der Waals surface area contributed by atoms with Crippen molar-refractivity contribution in [2.75, 3.05) is 52.9 Å². The second kappa shape index (κ2) is 8.32. The number of hydrogen-bond donors (Lipinski definition) is 1. The number of ether oxygens (including phenoxy) is 1. The Morgan fingerprint density at radius 3 is 2.90 bits per heavy atom. The van der Waals surface area contributed by atoms with Crippen LogP contribution in [0.25, 0.3) is 0 Å². The zero-order valence-corrected chi connectivity index (χ0v) is 13.6. The van der Waals surface area contributed by atoms with Crippen molar-refractivity contribution in [2.45, 2.75) is 45.3 Å². The van der Waals surface area contributed by atoms with E-state index >= 15 is 0 Å². The molecule has 3 atom stereocenters. The van der Waals surface area contributed by atoms with Gasteiger partial charge >= 0.3 is 0 Å². The van der Waals surface area contributed by atoms with Crippen LogP contribution in [0.1, 0.15) is 33.1 Å². The van der Waals surface area contributed by atoms with E-state index in [0.29, 0.717) is 12.1 Å². The van der Waals surface area contributed by atoms with E-state index in [9.17, 15) is 0 Å². The Hall–Kier alpha value is -0.160. The molecule has 0 saturated carbocycles. The Morgan fingerprint density at radius 2 is 2.15 bits per heavy atom. The molecule has 2 fully saturated rings. The van der Waals surface area contributed by atoms with E-state index in [2.05, 4.69) is 36.0 Å². The van der Waals surface area contributed by atoms with Gasteiger partial charge in [-0.3, -0.25) is 0 Å². The Labute approximate surface area is 124 Å². The molecule has 0 spiro atoms. The summed E-state index contributed by atoms with van der Waals surface area (Å²) in [6.45, 7) is 12.5. The zero-order chi connectivity index (χ0) is 14.4. The molecule has 4 heteroatoms. The van der Waals surface area contributed by atoms with Gasteiger partial charge in [-0.05, 0) is 52.2 Å². The van der Waals surface area contributed by atoms with E-state index in [1.54, 1.807) is 0 Å². The van der Waals surface area contributed by atoms with Gasteiger partial charge in [0.15, 0.2) is 0 Å². The van der Waals surface area contributed by atoms with Gasteiger partial charge in [0.05, 0.1) is 12.7 Å². The second-order valence-electron chi connectivity index (χ2n) is 6.65. The fourth-order valence-corrected chi connectivity index (χ4v) is 3.49. The lowest BCUT2D eigenvalue weighted by Crippen LogP contribution is -2.49. The molecule has 2 saturated heterocycles. The number of hydrogen-bond acceptors (Lipinski definition) is 4. The van der Waals surface area contributed by atoms with Crippen molar-refractivity contribution in [3.05, 3.63) is 0 Å². The number of nitrogens with one attached hydrogen (secondary N) is 1. The van der Waals surface area contributed by atoms with Crippen molar-refractivity contribution in [2.24, 2.45) is 5.92 Å². The lowest BCUT2D eigenvalue weighted by Gasteiger charge is -2.37. The number of likely N-dealkylation sites (N-methyl/N-ethyl adjacent to an activating group) is 1. The van der Waals surface area contributed by atoms with E-state index in [1.807, 2.05) is 0 Å². The van der Waals surface area contributed by atoms with Crippen LogP contribution in [0.4, 0.5) is 0 Å². The molecule has 20 heavy (non-hydrogen) atoms. The first kappa shape index (κ1) is 16.2. The Kier molecular flexibility index (Phi) is 6.75. The van der Waals surface area contributed by atoms with Gasteiger partial charge in [-0.2, -0.15) is 0 Å². The van der Waals surface area contributed by atoms with Gasteiger partial charge in [0, 0.05) is 32.2 Å². The minimum Gasteiger partial charge on any atom is -0.374 e. The summed E-state index contributed by atoms with van der Waals surface area (Å²) in [6, 6.07) is 0.602. The molecule has 4 nitrogen and oxygen atoms in total. The molecular formula is C16H33N3O. The molecule has 3 unspecified atom stereocenters. The highest BCUT2D eigenvalue weighted by Gasteiger charge is 2.25. The zero-order valence-electron chi connectivity index (χ0n) is 13.6. The third-order valence-corrected chi connectivity index (χ3v) is 4.80. The van der Waals surface area contributed by atoms with E-state index in [-0.39, 0.29) is 0 Å². The molecule has 0 bridgehead atoms. The van der Waals surface area contributed by atoms with Crippen molar-refractivity contribution >= 4 is 0 Å². The van der Waals surface area contributed by atoms with Crippen molar-refractivity contribution in [1.29, 1.82) is 0 Å². The third kappa shape index (κ3) is 4.99. The average molecular weight is 283 g/mol. The van der Waals surface area contributed by atoms with Crippen LogP contribution in [0.2, 0.25) is 0 Å². The lowest BCUT2D eigenvalue weighted by atomic mass is 9.91. The highest BCUT2D eigenvalue weighted by molar-refractivity contribution is 4.82. The largest absolute Gasteiger partial charge is 0.374 e. The standard InChI is InChI=1S/C16H33N3O/c1-4-7-19-8-5-6-15(12-19)14(2)17-11-16-13-18(3)9-10-20-16/h14-17H,4-13H2,1-3H3. The first-order valence-corrected chi connectivity index (χ1v) is 8.45. The number of piperidine rings is 1. The predicted molar refractivity (Wildman–Crippen MR) is 84.2 cm³/mol. The molecule has 0 aromatic rings. The molecule has 0 aromatic heterocycles. The van der Waals surface area contributed by atoms with Crippen LogP contribution in [0.3, 0.4) is 0 Å². The summed E-state index contributed by atoms with van der Waals surface area (Å²) in [4.78, 5) is 5.00. The van der Waals surface area contributed by atoms with Crippen LogP contribution >= 0.6 is 0 Å². The molecule has 2 heterocycles. The van der Waals surface area contributed by atoms with E-state index in [1.165, 1.54) is 38.9 Å². The van der Waals surface area contributed by atoms with Gasteiger partial charge in [-0.15, -0.1) is 0 Å². The number of rotatable bonds is 6. The second-order valence-corrected chi connectivity index (χ2v) is 6.65. The molecule has 0 radical (unpaired) electrons. The smallest absolute Gasteiger partial charge is 0.0826 e. The first-order chi connectivity index (χ1) is 9.69. The van der Waals surface area contributed by atoms with Gasteiger partial charge < -0.3 is 19.9 Å². The van der Waals surface area contributed by atoms with Gasteiger partial charge in [0.2, 0.25) is 0 Å². The fraction of sp³-hybridized carbons (Fsp3) is 1.00. The maximum atomic E-state index is 5.83. The average Bonchev–Trinajstić information content (AvgIpc) is 2.45. The maximum absolute atomic E-state index is 5.83. The minimum absolute atomic E-state index is 0.367. The molecular weight excluding hydrogens is 250 g/mol. The molecule has 0 aromatic carbocycles. The van der Waals surface area contributed by atoms with E-state index in [0.717, 1.165) is 32.2 Å². The van der Waals surface area contributed by atoms with Gasteiger partial charge in [-0.25, -0.2) is 0 Å². The van der Waals surface area contributed by atoms with Crippen LogP contribution in [0.15, 0.2) is 0 Å². The molecule has 2 rings (SSSR count). The van der Waals surface area contributed by atoms with Crippen molar-refractivity contribution in [3.63, 3.8) is 0 Å². The van der Waals surface area contributed by atoms with Crippen LogP contribution in [-0.4, -0.2) is 74.9 Å². The number of nitrogens with zero attached hydrogens (tertiary/aromatic N) is 2. The molecule has 118 valence electrons. The number of likely N-dealkylation sites (tertiary alicyclic amines) is 1.